The Hall–Kier alpha value is -3.82. The highest BCUT2D eigenvalue weighted by atomic mass is 28.4. The fourth-order valence-corrected chi connectivity index (χ4v) is 19.1. The van der Waals surface area contributed by atoms with E-state index in [1.165, 1.54) is 20.7 Å². The van der Waals surface area contributed by atoms with Crippen LogP contribution >= 0.6 is 0 Å². The molecule has 0 bridgehead atoms. The Morgan fingerprint density at radius 1 is 0.745 bits per heavy atom. The molecule has 2 aliphatic rings. The first kappa shape index (κ1) is 40.8. The smallest absolute Gasteiger partial charge is 0.261 e. The van der Waals surface area contributed by atoms with Crippen LogP contribution in [-0.4, -0.2) is 40.3 Å². The quantitative estimate of drug-likeness (QED) is 0.0746. The predicted molar refractivity (Wildman–Crippen MR) is 236 cm³/mol. The normalized spacial score (nSPS) is 22.4. The van der Waals surface area contributed by atoms with Crippen LogP contribution in [0.3, 0.4) is 0 Å². The molecule has 4 unspecified atom stereocenters. The molecule has 0 spiro atoms. The van der Waals surface area contributed by atoms with Gasteiger partial charge in [0.05, 0.1) is 17.7 Å². The van der Waals surface area contributed by atoms with Gasteiger partial charge in [-0.25, -0.2) is 0 Å². The average molecular weight is 770 g/mol. The summed E-state index contributed by atoms with van der Waals surface area (Å²) in [7, 11) is -5.74. The number of carbonyl (C=O) groups is 1. The highest BCUT2D eigenvalue weighted by molar-refractivity contribution is 7.00. The van der Waals surface area contributed by atoms with Gasteiger partial charge in [-0.3, -0.25) is 4.79 Å². The third-order valence-electron chi connectivity index (χ3n) is 12.4. The first-order chi connectivity index (χ1) is 26.3. The van der Waals surface area contributed by atoms with Crippen molar-refractivity contribution >= 4 is 43.3 Å². The summed E-state index contributed by atoms with van der Waals surface area (Å²) in [6.45, 7) is 20.7. The van der Waals surface area contributed by atoms with Crippen molar-refractivity contribution in [3.05, 3.63) is 146 Å². The number of benzene rings is 4. The molecule has 1 aliphatic carbocycles. The van der Waals surface area contributed by atoms with E-state index in [0.29, 0.717) is 12.8 Å². The molecule has 1 saturated heterocycles. The molecule has 290 valence electrons. The van der Waals surface area contributed by atoms with E-state index >= 15 is 0 Å². The van der Waals surface area contributed by atoms with Gasteiger partial charge in [-0.05, 0) is 43.7 Å². The van der Waals surface area contributed by atoms with Crippen LogP contribution in [0, 0.1) is 11.8 Å². The zero-order valence-electron chi connectivity index (χ0n) is 34.3. The topological polar surface area (TPSA) is 47.6 Å². The molecule has 5 atom stereocenters. The second kappa shape index (κ2) is 16.7. The lowest BCUT2D eigenvalue weighted by molar-refractivity contribution is -0.120. The van der Waals surface area contributed by atoms with Crippen molar-refractivity contribution in [3.8, 4) is 0 Å². The number of carbonyl (C=O) groups excluding carboxylic acids is 1. The van der Waals surface area contributed by atoms with E-state index < -0.39 is 22.2 Å². The Kier molecular flexibility index (Phi) is 12.4. The summed E-state index contributed by atoms with van der Waals surface area (Å²) < 4.78 is 15.7. The maximum absolute atomic E-state index is 13.3. The summed E-state index contributed by atoms with van der Waals surface area (Å²) in [5.74, 6) is 0.103. The first-order valence-corrected chi connectivity index (χ1v) is 24.3. The van der Waals surface area contributed by atoms with E-state index in [1.807, 2.05) is 6.08 Å². The Bertz CT molecular complexity index is 1810. The number of hydrogen-bond donors (Lipinski definition) is 1. The number of nitrogens with one attached hydrogen (secondary N) is 1. The minimum Gasteiger partial charge on any atom is -0.404 e. The summed E-state index contributed by atoms with van der Waals surface area (Å²) in [5.41, 5.74) is -0.529. The van der Waals surface area contributed by atoms with Crippen LogP contribution in [0.1, 0.15) is 87.0 Å². The minimum absolute atomic E-state index is 0.0185. The number of amides is 1. The van der Waals surface area contributed by atoms with Gasteiger partial charge >= 0.3 is 0 Å². The molecule has 1 N–H and O–H groups in total. The molecular formula is C49H63NO3Si2. The van der Waals surface area contributed by atoms with Gasteiger partial charge in [0.15, 0.2) is 0 Å². The Morgan fingerprint density at radius 3 is 1.62 bits per heavy atom. The van der Waals surface area contributed by atoms with Crippen molar-refractivity contribution in [2.45, 2.75) is 115 Å². The summed E-state index contributed by atoms with van der Waals surface area (Å²) in [6.07, 6.45) is 11.9. The molecule has 1 aliphatic heterocycles. The first-order valence-electron chi connectivity index (χ1n) is 20.5. The lowest BCUT2D eigenvalue weighted by atomic mass is 9.84. The predicted octanol–water partition coefficient (Wildman–Crippen LogP) is 9.09. The van der Waals surface area contributed by atoms with Gasteiger partial charge in [-0.2, -0.15) is 0 Å². The molecule has 2 fully saturated rings. The van der Waals surface area contributed by atoms with Crippen molar-refractivity contribution in [3.63, 3.8) is 0 Å². The van der Waals surface area contributed by atoms with E-state index in [1.54, 1.807) is 0 Å². The molecule has 0 aromatic heterocycles. The molecule has 4 nitrogen and oxygen atoms in total. The van der Waals surface area contributed by atoms with Gasteiger partial charge in [-0.15, -0.1) is 6.58 Å². The SMILES string of the molecule is C=CC12CC(O[Si](c3ccccc3)(c3ccccc3)C(C)(C)C)C(C=C[C@H](CCCCC)O[Si](c3ccccc3)(c3ccccc3)C(C)(C)C)C1CC(=O)N2. The van der Waals surface area contributed by atoms with Crippen molar-refractivity contribution < 1.29 is 13.6 Å². The van der Waals surface area contributed by atoms with E-state index in [2.05, 4.69) is 194 Å². The van der Waals surface area contributed by atoms with E-state index in [0.717, 1.165) is 25.7 Å². The van der Waals surface area contributed by atoms with Gasteiger partial charge in [0.25, 0.3) is 16.6 Å². The van der Waals surface area contributed by atoms with Crippen molar-refractivity contribution in [1.29, 1.82) is 0 Å². The van der Waals surface area contributed by atoms with Crippen LogP contribution < -0.4 is 26.1 Å². The van der Waals surface area contributed by atoms with Crippen molar-refractivity contribution in [2.24, 2.45) is 11.8 Å². The fourth-order valence-electron chi connectivity index (χ4n) is 9.74. The van der Waals surface area contributed by atoms with Crippen LogP contribution in [0.5, 0.6) is 0 Å². The Labute approximate surface area is 333 Å². The maximum atomic E-state index is 13.3. The molecule has 6 heteroatoms. The summed E-state index contributed by atoms with van der Waals surface area (Å²) in [6, 6.07) is 43.7. The minimum atomic E-state index is -2.91. The van der Waals surface area contributed by atoms with Crippen LogP contribution in [0.4, 0.5) is 0 Å². The molecule has 0 radical (unpaired) electrons. The maximum Gasteiger partial charge on any atom is 0.261 e. The standard InChI is InChI=1S/C49H63NO3Si2/c1-9-11-16-25-38(52-54(47(3,4)5,39-26-17-12-18-27-39)40-28-19-13-20-29-40)34-35-43-44-36-46(51)50-49(44,10-2)37-45(43)53-55(48(6,7)8,41-30-21-14-22-31-41)42-32-23-15-24-33-42/h10,12-15,17-24,26-35,38,43-45H,2,9,11,16,25,36-37H2,1,3-8H3,(H,50,51)/t38-,43?,44?,45?,49?/m0/s1. The number of rotatable bonds is 15. The lowest BCUT2D eigenvalue weighted by Gasteiger charge is -2.46. The van der Waals surface area contributed by atoms with Crippen LogP contribution in [0.25, 0.3) is 0 Å². The molecule has 1 amide bonds. The molecular weight excluding hydrogens is 707 g/mol. The van der Waals surface area contributed by atoms with Crippen molar-refractivity contribution in [2.75, 3.05) is 0 Å². The Balaban J connectivity index is 1.48. The zero-order chi connectivity index (χ0) is 39.3. The van der Waals surface area contributed by atoms with Crippen LogP contribution in [0.15, 0.2) is 146 Å². The van der Waals surface area contributed by atoms with E-state index in [-0.39, 0.29) is 40.0 Å². The number of hydrogen-bond acceptors (Lipinski definition) is 3. The number of fused-ring (bicyclic) bond motifs is 1. The molecule has 1 saturated carbocycles. The van der Waals surface area contributed by atoms with Gasteiger partial charge in [0.2, 0.25) is 5.91 Å². The van der Waals surface area contributed by atoms with Crippen LogP contribution in [0.2, 0.25) is 10.1 Å². The summed E-state index contributed by atoms with van der Waals surface area (Å²) in [5, 5.41) is 8.16. The third-order valence-corrected chi connectivity index (χ3v) is 22.5. The van der Waals surface area contributed by atoms with E-state index in [4.69, 9.17) is 8.85 Å². The zero-order valence-corrected chi connectivity index (χ0v) is 36.3. The second-order valence-electron chi connectivity index (χ2n) is 17.9. The van der Waals surface area contributed by atoms with Crippen molar-refractivity contribution in [1.82, 2.24) is 5.32 Å². The highest BCUT2D eigenvalue weighted by Gasteiger charge is 2.60. The molecule has 55 heavy (non-hydrogen) atoms. The monoisotopic (exact) mass is 769 g/mol. The molecule has 6 rings (SSSR count). The highest BCUT2D eigenvalue weighted by Crippen LogP contribution is 2.51. The summed E-state index contributed by atoms with van der Waals surface area (Å²) in [4.78, 5) is 13.3. The lowest BCUT2D eigenvalue weighted by Crippen LogP contribution is -2.68. The summed E-state index contributed by atoms with van der Waals surface area (Å²) >= 11 is 0. The second-order valence-corrected chi connectivity index (χ2v) is 26.4. The van der Waals surface area contributed by atoms with Crippen LogP contribution in [-0.2, 0) is 13.6 Å². The van der Waals surface area contributed by atoms with Gasteiger partial charge in [-0.1, -0.05) is 207 Å². The molecule has 1 heterocycles. The average Bonchev–Trinajstić information content (AvgIpc) is 3.65. The molecule has 4 aromatic rings. The Morgan fingerprint density at radius 2 is 1.20 bits per heavy atom. The molecule has 4 aromatic carbocycles. The third kappa shape index (κ3) is 7.93. The van der Waals surface area contributed by atoms with Gasteiger partial charge in [0, 0.05) is 18.3 Å². The van der Waals surface area contributed by atoms with E-state index in [9.17, 15) is 4.79 Å². The number of unbranched alkanes of at least 4 members (excludes halogenated alkanes) is 2. The largest absolute Gasteiger partial charge is 0.404 e. The van der Waals surface area contributed by atoms with Gasteiger partial charge < -0.3 is 14.2 Å². The van der Waals surface area contributed by atoms with Gasteiger partial charge in [0.1, 0.15) is 0 Å². The fraction of sp³-hybridized carbons (Fsp3) is 0.408.